The van der Waals surface area contributed by atoms with Crippen molar-refractivity contribution < 1.29 is 37.1 Å². The minimum Gasteiger partial charge on any atom is -0.481 e. The predicted octanol–water partition coefficient (Wildman–Crippen LogP) is 3.32. The molecule has 11 heteroatoms. The summed E-state index contributed by atoms with van der Waals surface area (Å²) in [7, 11) is 0. The fourth-order valence-corrected chi connectivity index (χ4v) is 4.43. The first-order valence-electron chi connectivity index (χ1n) is 10.2. The van der Waals surface area contributed by atoms with Crippen LogP contribution in [0.4, 0.5) is 23.2 Å². The summed E-state index contributed by atoms with van der Waals surface area (Å²) in [6.45, 7) is -0.749. The van der Waals surface area contributed by atoms with Crippen LogP contribution in [0.2, 0.25) is 0 Å². The molecule has 2 fully saturated rings. The smallest absolute Gasteiger partial charge is 0.416 e. The van der Waals surface area contributed by atoms with Gasteiger partial charge >= 0.3 is 12.1 Å². The van der Waals surface area contributed by atoms with Crippen LogP contribution in [-0.4, -0.2) is 39.9 Å². The van der Waals surface area contributed by atoms with Crippen LogP contribution in [0.15, 0.2) is 42.5 Å². The maximum absolute atomic E-state index is 14.6. The normalized spacial score (nSPS) is 22.5. The third-order valence-electron chi connectivity index (χ3n) is 6.26. The second kappa shape index (κ2) is 8.13. The molecule has 1 aliphatic heterocycles. The number of amides is 2. The first-order valence-corrected chi connectivity index (χ1v) is 10.2. The number of rotatable bonds is 4. The average molecular weight is 475 g/mol. The van der Waals surface area contributed by atoms with Crippen molar-refractivity contribution in [1.29, 1.82) is 5.26 Å². The van der Waals surface area contributed by atoms with Crippen molar-refractivity contribution in [1.82, 2.24) is 4.90 Å². The number of carbonyl (C=O) groups excluding carboxylic acids is 2. The molecule has 34 heavy (non-hydrogen) atoms. The number of piperazine rings is 1. The van der Waals surface area contributed by atoms with Gasteiger partial charge in [0.2, 0.25) is 5.91 Å². The van der Waals surface area contributed by atoms with Crippen molar-refractivity contribution in [2.75, 3.05) is 11.4 Å². The predicted molar refractivity (Wildman–Crippen MR) is 109 cm³/mol. The van der Waals surface area contributed by atoms with Crippen LogP contribution < -0.4 is 4.90 Å². The highest BCUT2D eigenvalue weighted by Crippen LogP contribution is 2.47. The lowest BCUT2D eigenvalue weighted by Gasteiger charge is -2.56. The van der Waals surface area contributed by atoms with Crippen molar-refractivity contribution in [2.24, 2.45) is 5.92 Å². The minimum absolute atomic E-state index is 0.0188. The molecule has 0 aromatic heterocycles. The van der Waals surface area contributed by atoms with Crippen LogP contribution in [0, 0.1) is 23.1 Å². The summed E-state index contributed by atoms with van der Waals surface area (Å²) < 4.78 is 53.2. The monoisotopic (exact) mass is 475 g/mol. The molecule has 1 aliphatic carbocycles. The van der Waals surface area contributed by atoms with E-state index in [9.17, 15) is 37.1 Å². The van der Waals surface area contributed by atoms with Gasteiger partial charge in [0.1, 0.15) is 17.9 Å². The standard InChI is InChI=1S/C23H17F4N3O4/c24-17-7-14(10-28)3-6-18(17)29-12-19(31)30(22(21(29)34)8-15(9-22)20(32)33)11-13-1-4-16(5-2-13)23(25,26)27/h1-7,15H,8-9,11-12H2,(H,32,33)/t15-,22+. The topological polar surface area (TPSA) is 102 Å². The highest BCUT2D eigenvalue weighted by atomic mass is 19.4. The molecule has 1 saturated heterocycles. The van der Waals surface area contributed by atoms with Crippen molar-refractivity contribution >= 4 is 23.5 Å². The Bertz CT molecular complexity index is 1210. The fraction of sp³-hybridized carbons (Fsp3) is 0.304. The SMILES string of the molecule is N#Cc1ccc(N2CC(=O)N(Cc3ccc(C(F)(F)F)cc3)[C@]3(C[C@@H](C(=O)O)C3)C2=O)c(F)c1. The first-order chi connectivity index (χ1) is 16.0. The Labute approximate surface area is 190 Å². The zero-order valence-electron chi connectivity index (χ0n) is 17.5. The number of carboxylic acid groups (broad SMARTS) is 1. The number of carboxylic acids is 1. The van der Waals surface area contributed by atoms with Gasteiger partial charge < -0.3 is 10.0 Å². The Morgan fingerprint density at radius 1 is 1.15 bits per heavy atom. The molecular formula is C23H17F4N3O4. The molecule has 1 N–H and O–H groups in total. The molecule has 2 amide bonds. The number of nitrogens with zero attached hydrogens (tertiary/aromatic N) is 3. The molecule has 2 aromatic rings. The highest BCUT2D eigenvalue weighted by molar-refractivity contribution is 6.10. The molecule has 1 saturated carbocycles. The van der Waals surface area contributed by atoms with Gasteiger partial charge in [-0.15, -0.1) is 0 Å². The van der Waals surface area contributed by atoms with Gasteiger partial charge in [-0.2, -0.15) is 18.4 Å². The summed E-state index contributed by atoms with van der Waals surface area (Å²) in [4.78, 5) is 40.1. The number of alkyl halides is 3. The van der Waals surface area contributed by atoms with Gasteiger partial charge in [0.15, 0.2) is 0 Å². The number of anilines is 1. The van der Waals surface area contributed by atoms with Gasteiger partial charge in [-0.1, -0.05) is 12.1 Å². The van der Waals surface area contributed by atoms with Crippen LogP contribution in [0.25, 0.3) is 0 Å². The molecule has 2 aliphatic rings. The second-order valence-corrected chi connectivity index (χ2v) is 8.32. The van der Waals surface area contributed by atoms with E-state index in [1.807, 2.05) is 0 Å². The van der Waals surface area contributed by atoms with Gasteiger partial charge in [-0.25, -0.2) is 4.39 Å². The lowest BCUT2D eigenvalue weighted by molar-refractivity contribution is -0.169. The number of benzene rings is 2. The molecule has 7 nitrogen and oxygen atoms in total. The van der Waals surface area contributed by atoms with Gasteiger partial charge in [0.25, 0.3) is 5.91 Å². The maximum atomic E-state index is 14.6. The average Bonchev–Trinajstić information content (AvgIpc) is 2.74. The Morgan fingerprint density at radius 2 is 1.79 bits per heavy atom. The quantitative estimate of drug-likeness (QED) is 0.684. The Hall–Kier alpha value is -3.94. The zero-order chi connectivity index (χ0) is 24.8. The molecule has 2 aromatic carbocycles. The van der Waals surface area contributed by atoms with E-state index in [0.29, 0.717) is 5.56 Å². The lowest BCUT2D eigenvalue weighted by Crippen LogP contribution is -2.73. The fourth-order valence-electron chi connectivity index (χ4n) is 4.43. The van der Waals surface area contributed by atoms with Crippen LogP contribution in [0.5, 0.6) is 0 Å². The molecule has 0 atom stereocenters. The van der Waals surface area contributed by atoms with Gasteiger partial charge in [0, 0.05) is 6.54 Å². The molecule has 1 spiro atoms. The number of halogens is 4. The summed E-state index contributed by atoms with van der Waals surface area (Å²) in [5, 5.41) is 18.3. The molecule has 0 bridgehead atoms. The maximum Gasteiger partial charge on any atom is 0.416 e. The van der Waals surface area contributed by atoms with Crippen molar-refractivity contribution in [3.63, 3.8) is 0 Å². The van der Waals surface area contributed by atoms with E-state index in [4.69, 9.17) is 5.26 Å². The second-order valence-electron chi connectivity index (χ2n) is 8.32. The van der Waals surface area contributed by atoms with Gasteiger partial charge in [-0.05, 0) is 48.7 Å². The molecule has 0 unspecified atom stereocenters. The Balaban J connectivity index is 1.67. The summed E-state index contributed by atoms with van der Waals surface area (Å²) in [6.07, 6.45) is -4.95. The Morgan fingerprint density at radius 3 is 2.32 bits per heavy atom. The molecule has 176 valence electrons. The molecule has 0 radical (unpaired) electrons. The number of hydrogen-bond donors (Lipinski definition) is 1. The number of hydrogen-bond acceptors (Lipinski definition) is 4. The van der Waals surface area contributed by atoms with Gasteiger partial charge in [0.05, 0.1) is 28.8 Å². The summed E-state index contributed by atoms with van der Waals surface area (Å²) in [5.74, 6) is -4.23. The summed E-state index contributed by atoms with van der Waals surface area (Å²) >= 11 is 0. The van der Waals surface area contributed by atoms with Crippen molar-refractivity contribution in [3.8, 4) is 6.07 Å². The van der Waals surface area contributed by atoms with E-state index >= 15 is 0 Å². The lowest BCUT2D eigenvalue weighted by atomic mass is 9.65. The third kappa shape index (κ3) is 3.85. The zero-order valence-corrected chi connectivity index (χ0v) is 17.5. The Kier molecular flexibility index (Phi) is 5.55. The summed E-state index contributed by atoms with van der Waals surface area (Å²) in [5.41, 5.74) is -2.31. The van der Waals surface area contributed by atoms with Crippen molar-refractivity contribution in [2.45, 2.75) is 31.1 Å². The van der Waals surface area contributed by atoms with Crippen molar-refractivity contribution in [3.05, 3.63) is 65.0 Å². The van der Waals surface area contributed by atoms with E-state index in [1.54, 1.807) is 6.07 Å². The van der Waals surface area contributed by atoms with E-state index < -0.39 is 53.3 Å². The highest BCUT2D eigenvalue weighted by Gasteiger charge is 2.61. The van der Waals surface area contributed by atoms with E-state index in [2.05, 4.69) is 0 Å². The first kappa shape index (κ1) is 23.2. The molecular weight excluding hydrogens is 458 g/mol. The third-order valence-corrected chi connectivity index (χ3v) is 6.26. The minimum atomic E-state index is -4.54. The van der Waals surface area contributed by atoms with Crippen LogP contribution in [0.1, 0.15) is 29.5 Å². The van der Waals surface area contributed by atoms with E-state index in [0.717, 1.165) is 23.1 Å². The number of carbonyl (C=O) groups is 3. The van der Waals surface area contributed by atoms with Crippen LogP contribution >= 0.6 is 0 Å². The number of nitriles is 1. The van der Waals surface area contributed by atoms with Crippen LogP contribution in [0.3, 0.4) is 0 Å². The van der Waals surface area contributed by atoms with E-state index in [-0.39, 0.29) is 30.6 Å². The summed E-state index contributed by atoms with van der Waals surface area (Å²) in [6, 6.07) is 9.28. The van der Waals surface area contributed by atoms with E-state index in [1.165, 1.54) is 29.2 Å². The number of aliphatic carboxylic acids is 1. The molecule has 1 heterocycles. The largest absolute Gasteiger partial charge is 0.481 e. The molecule has 4 rings (SSSR count). The van der Waals surface area contributed by atoms with Gasteiger partial charge in [-0.3, -0.25) is 19.3 Å². The van der Waals surface area contributed by atoms with Crippen LogP contribution in [-0.2, 0) is 27.1 Å².